The highest BCUT2D eigenvalue weighted by Crippen LogP contribution is 2.34. The van der Waals surface area contributed by atoms with Gasteiger partial charge in [-0.15, -0.1) is 0 Å². The Labute approximate surface area is 167 Å². The molecule has 1 fully saturated rings. The Kier molecular flexibility index (Phi) is 5.60. The monoisotopic (exact) mass is 378 g/mol. The summed E-state index contributed by atoms with van der Waals surface area (Å²) in [4.78, 5) is 26.7. The van der Waals surface area contributed by atoms with Gasteiger partial charge < -0.3 is 9.80 Å². The molecule has 1 aromatic heterocycles. The van der Waals surface area contributed by atoms with Gasteiger partial charge in [-0.25, -0.2) is 9.97 Å². The van der Waals surface area contributed by atoms with Crippen molar-refractivity contribution in [2.45, 2.75) is 58.4 Å². The maximum absolute atomic E-state index is 12.4. The number of aromatic nitrogens is 2. The first kappa shape index (κ1) is 18.9. The summed E-state index contributed by atoms with van der Waals surface area (Å²) < 4.78 is 0. The predicted octanol–water partition coefficient (Wildman–Crippen LogP) is 3.85. The molecule has 2 aromatic rings. The smallest absolute Gasteiger partial charge is 0.222 e. The van der Waals surface area contributed by atoms with Crippen LogP contribution in [0.25, 0.3) is 0 Å². The third-order valence-electron chi connectivity index (χ3n) is 6.05. The van der Waals surface area contributed by atoms with Crippen molar-refractivity contribution in [1.82, 2.24) is 14.9 Å². The van der Waals surface area contributed by atoms with Gasteiger partial charge in [0.15, 0.2) is 5.82 Å². The topological polar surface area (TPSA) is 49.3 Å². The Hall–Kier alpha value is -2.43. The van der Waals surface area contributed by atoms with E-state index in [1.54, 1.807) is 0 Å². The molecule has 1 saturated heterocycles. The van der Waals surface area contributed by atoms with Crippen LogP contribution in [0, 0.1) is 6.92 Å². The number of benzene rings is 1. The quantitative estimate of drug-likeness (QED) is 0.793. The number of amides is 1. The highest BCUT2D eigenvalue weighted by Gasteiger charge is 2.33. The predicted molar refractivity (Wildman–Crippen MR) is 111 cm³/mol. The normalized spacial score (nSPS) is 19.0. The lowest BCUT2D eigenvalue weighted by molar-refractivity contribution is -0.131. The van der Waals surface area contributed by atoms with Gasteiger partial charge in [-0.2, -0.15) is 0 Å². The molecule has 1 atom stereocenters. The van der Waals surface area contributed by atoms with Crippen molar-refractivity contribution in [1.29, 1.82) is 0 Å². The fraction of sp³-hybridized carbons (Fsp3) is 0.522. The minimum Gasteiger partial charge on any atom is -0.356 e. The summed E-state index contributed by atoms with van der Waals surface area (Å²) >= 11 is 0. The number of hydrogen-bond donors (Lipinski definition) is 0. The second-order valence-corrected chi connectivity index (χ2v) is 7.89. The molecular weight excluding hydrogens is 348 g/mol. The largest absolute Gasteiger partial charge is 0.356 e. The molecular formula is C23H30N4O. The van der Waals surface area contributed by atoms with Crippen LogP contribution in [-0.4, -0.2) is 40.4 Å². The van der Waals surface area contributed by atoms with Crippen LogP contribution >= 0.6 is 0 Å². The van der Waals surface area contributed by atoms with Crippen LogP contribution in [0.3, 0.4) is 0 Å². The standard InChI is InChI=1S/C23H30N4O/c1-3-21(28)27-15-8-12-20(27)22-24-17(2)19-11-7-14-26(23(19)25-22)16-13-18-9-5-4-6-10-18/h4-6,9-10,20H,3,7-8,11-16H2,1-2H3. The Morgan fingerprint density at radius 3 is 2.75 bits per heavy atom. The molecule has 3 heterocycles. The molecule has 0 radical (unpaired) electrons. The summed E-state index contributed by atoms with van der Waals surface area (Å²) in [6, 6.07) is 10.7. The van der Waals surface area contributed by atoms with E-state index in [-0.39, 0.29) is 11.9 Å². The summed E-state index contributed by atoms with van der Waals surface area (Å²) in [5.41, 5.74) is 3.73. The molecule has 0 bridgehead atoms. The number of aryl methyl sites for hydroxylation is 1. The number of hydrogen-bond acceptors (Lipinski definition) is 4. The van der Waals surface area contributed by atoms with E-state index in [0.29, 0.717) is 6.42 Å². The van der Waals surface area contributed by atoms with Crippen LogP contribution in [0.2, 0.25) is 0 Å². The van der Waals surface area contributed by atoms with Crippen LogP contribution in [0.5, 0.6) is 0 Å². The molecule has 2 aliphatic rings. The van der Waals surface area contributed by atoms with Gasteiger partial charge in [0.2, 0.25) is 5.91 Å². The van der Waals surface area contributed by atoms with E-state index in [4.69, 9.17) is 9.97 Å². The van der Waals surface area contributed by atoms with Gasteiger partial charge >= 0.3 is 0 Å². The van der Waals surface area contributed by atoms with E-state index < -0.39 is 0 Å². The first-order valence-corrected chi connectivity index (χ1v) is 10.6. The molecule has 28 heavy (non-hydrogen) atoms. The number of carbonyl (C=O) groups excluding carboxylic acids is 1. The summed E-state index contributed by atoms with van der Waals surface area (Å²) in [7, 11) is 0. The summed E-state index contributed by atoms with van der Waals surface area (Å²) in [5.74, 6) is 2.14. The minimum absolute atomic E-state index is 0.0364. The molecule has 1 unspecified atom stereocenters. The van der Waals surface area contributed by atoms with Crippen molar-refractivity contribution in [3.05, 3.63) is 53.0 Å². The Morgan fingerprint density at radius 1 is 1.14 bits per heavy atom. The Balaban J connectivity index is 1.60. The van der Waals surface area contributed by atoms with Crippen LogP contribution < -0.4 is 4.90 Å². The molecule has 5 nitrogen and oxygen atoms in total. The molecule has 0 saturated carbocycles. The second-order valence-electron chi connectivity index (χ2n) is 7.89. The van der Waals surface area contributed by atoms with E-state index in [0.717, 1.165) is 69.1 Å². The average Bonchev–Trinajstić information content (AvgIpc) is 3.22. The van der Waals surface area contributed by atoms with Crippen LogP contribution in [0.1, 0.15) is 61.3 Å². The molecule has 0 N–H and O–H groups in total. The molecule has 5 heteroatoms. The molecule has 1 amide bonds. The molecule has 148 valence electrons. The van der Waals surface area contributed by atoms with E-state index in [9.17, 15) is 4.79 Å². The summed E-state index contributed by atoms with van der Waals surface area (Å²) in [5, 5.41) is 0. The summed E-state index contributed by atoms with van der Waals surface area (Å²) in [6.07, 6.45) is 5.76. The molecule has 0 spiro atoms. The fourth-order valence-electron chi connectivity index (χ4n) is 4.52. The maximum Gasteiger partial charge on any atom is 0.222 e. The first-order chi connectivity index (χ1) is 13.7. The Morgan fingerprint density at radius 2 is 1.96 bits per heavy atom. The molecule has 4 rings (SSSR count). The van der Waals surface area contributed by atoms with Crippen molar-refractivity contribution >= 4 is 11.7 Å². The number of fused-ring (bicyclic) bond motifs is 1. The lowest BCUT2D eigenvalue weighted by Gasteiger charge is -2.32. The number of anilines is 1. The number of rotatable bonds is 5. The highest BCUT2D eigenvalue weighted by atomic mass is 16.2. The van der Waals surface area contributed by atoms with Crippen LogP contribution in [-0.2, 0) is 17.6 Å². The number of nitrogens with zero attached hydrogens (tertiary/aromatic N) is 4. The molecule has 1 aromatic carbocycles. The van der Waals surface area contributed by atoms with Crippen molar-refractivity contribution in [3.63, 3.8) is 0 Å². The van der Waals surface area contributed by atoms with Gasteiger partial charge in [0.25, 0.3) is 0 Å². The van der Waals surface area contributed by atoms with E-state index in [1.165, 1.54) is 11.1 Å². The van der Waals surface area contributed by atoms with E-state index in [1.807, 2.05) is 11.8 Å². The van der Waals surface area contributed by atoms with E-state index in [2.05, 4.69) is 42.2 Å². The lowest BCUT2D eigenvalue weighted by atomic mass is 10.0. The van der Waals surface area contributed by atoms with Crippen molar-refractivity contribution < 1.29 is 4.79 Å². The third kappa shape index (κ3) is 3.75. The third-order valence-corrected chi connectivity index (χ3v) is 6.05. The van der Waals surface area contributed by atoms with Gasteiger partial charge in [-0.1, -0.05) is 37.3 Å². The summed E-state index contributed by atoms with van der Waals surface area (Å²) in [6.45, 7) is 6.87. The maximum atomic E-state index is 12.4. The van der Waals surface area contributed by atoms with Crippen molar-refractivity contribution in [2.24, 2.45) is 0 Å². The van der Waals surface area contributed by atoms with E-state index >= 15 is 0 Å². The van der Waals surface area contributed by atoms with Crippen molar-refractivity contribution in [3.8, 4) is 0 Å². The lowest BCUT2D eigenvalue weighted by Crippen LogP contribution is -2.35. The molecule has 0 aliphatic carbocycles. The molecule has 2 aliphatic heterocycles. The van der Waals surface area contributed by atoms with Gasteiger partial charge in [-0.05, 0) is 44.6 Å². The second kappa shape index (κ2) is 8.29. The zero-order valence-electron chi connectivity index (χ0n) is 17.0. The van der Waals surface area contributed by atoms with Gasteiger partial charge in [0.05, 0.1) is 6.04 Å². The minimum atomic E-state index is 0.0364. The van der Waals surface area contributed by atoms with Crippen LogP contribution in [0.4, 0.5) is 5.82 Å². The number of likely N-dealkylation sites (tertiary alicyclic amines) is 1. The highest BCUT2D eigenvalue weighted by molar-refractivity contribution is 5.76. The van der Waals surface area contributed by atoms with Gasteiger partial charge in [0, 0.05) is 37.3 Å². The average molecular weight is 379 g/mol. The zero-order chi connectivity index (χ0) is 19.5. The van der Waals surface area contributed by atoms with Gasteiger partial charge in [0.1, 0.15) is 5.82 Å². The van der Waals surface area contributed by atoms with Gasteiger partial charge in [-0.3, -0.25) is 4.79 Å². The van der Waals surface area contributed by atoms with Crippen molar-refractivity contribution in [2.75, 3.05) is 24.5 Å². The SMILES string of the molecule is CCC(=O)N1CCCC1c1nc(C)c2c(n1)N(CCc1ccccc1)CCC2. The Bertz CT molecular complexity index is 836. The van der Waals surface area contributed by atoms with Crippen LogP contribution in [0.15, 0.2) is 30.3 Å². The first-order valence-electron chi connectivity index (χ1n) is 10.6. The zero-order valence-corrected chi connectivity index (χ0v) is 17.0. The number of carbonyl (C=O) groups is 1. The fourth-order valence-corrected chi connectivity index (χ4v) is 4.52.